The molecule has 1 aromatic rings. The van der Waals surface area contributed by atoms with Gasteiger partial charge in [0, 0.05) is 12.4 Å². The maximum absolute atomic E-state index is 4.69. The van der Waals surface area contributed by atoms with Crippen molar-refractivity contribution in [2.45, 2.75) is 0 Å². The van der Waals surface area contributed by atoms with Crippen LogP contribution in [0, 0.1) is 0 Å². The van der Waals surface area contributed by atoms with Crippen molar-refractivity contribution in [3.63, 3.8) is 0 Å². The molecule has 1 aliphatic rings. The number of hydrogen-bond acceptors (Lipinski definition) is 4. The van der Waals surface area contributed by atoms with Crippen molar-refractivity contribution in [3.05, 3.63) is 24.7 Å². The first kappa shape index (κ1) is 7.46. The minimum absolute atomic E-state index is 0.483. The molecule has 0 atom stereocenters. The van der Waals surface area contributed by atoms with Crippen molar-refractivity contribution >= 4 is 6.21 Å². The first-order chi connectivity index (χ1) is 5.50. The summed E-state index contributed by atoms with van der Waals surface area (Å²) in [6, 6.07) is 0. The van der Waals surface area contributed by atoms with E-state index < -0.39 is 0 Å². The molecule has 5 heteroatoms. The average Bonchev–Trinajstić information content (AvgIpc) is 2.64. The van der Waals surface area contributed by atoms with Gasteiger partial charge in [-0.2, -0.15) is 0 Å². The number of aliphatic imine (C=N–C) groups is 1. The summed E-state index contributed by atoms with van der Waals surface area (Å²) in [5.41, 5.74) is 0. The molecule has 5 nitrogen and oxygen atoms in total. The van der Waals surface area contributed by atoms with E-state index >= 15 is 0 Å². The second-order valence-corrected chi connectivity index (χ2v) is 1.62. The highest BCUT2D eigenvalue weighted by atomic mass is 16.5. The van der Waals surface area contributed by atoms with Crippen LogP contribution in [0.3, 0.4) is 0 Å². The maximum atomic E-state index is 4.69. The minimum atomic E-state index is 0.483. The lowest BCUT2D eigenvalue weighted by Crippen LogP contribution is -1.86. The molecule has 0 aliphatic carbocycles. The number of nitrogens with one attached hydrogen (secondary N) is 1. The molecule has 1 aliphatic heterocycles. The topological polar surface area (TPSA) is 63.2 Å². The summed E-state index contributed by atoms with van der Waals surface area (Å²) in [5, 5.41) is 9.26. The Morgan fingerprint density at radius 3 is 2.64 bits per heavy atom. The van der Waals surface area contributed by atoms with Crippen molar-refractivity contribution < 1.29 is 4.74 Å². The molecule has 0 unspecified atom stereocenters. The Morgan fingerprint density at radius 1 is 1.45 bits per heavy atom. The van der Waals surface area contributed by atoms with Crippen LogP contribution in [0.15, 0.2) is 29.7 Å². The Labute approximate surface area is 63.8 Å². The third-order valence-electron chi connectivity index (χ3n) is 0.847. The molecule has 0 fully saturated rings. The molecule has 2 rings (SSSR count). The van der Waals surface area contributed by atoms with Gasteiger partial charge in [-0.3, -0.25) is 10.1 Å². The first-order valence-corrected chi connectivity index (χ1v) is 3.07. The lowest BCUT2D eigenvalue weighted by atomic mass is 10.7. The summed E-state index contributed by atoms with van der Waals surface area (Å²) >= 11 is 0. The summed E-state index contributed by atoms with van der Waals surface area (Å²) in [6.07, 6.45) is 8.32. The zero-order chi connectivity index (χ0) is 7.78. The highest BCUT2D eigenvalue weighted by Crippen LogP contribution is 1.81. The highest BCUT2D eigenvalue weighted by Gasteiger charge is 1.75. The van der Waals surface area contributed by atoms with E-state index in [-0.39, 0.29) is 0 Å². The van der Waals surface area contributed by atoms with Gasteiger partial charge in [0.05, 0.1) is 12.5 Å². The third-order valence-corrected chi connectivity index (χ3v) is 0.847. The first-order valence-electron chi connectivity index (χ1n) is 3.07. The molecule has 2 heterocycles. The Hall–Kier alpha value is -1.65. The molecule has 0 radical (unpaired) electrons. The normalized spacial score (nSPS) is 13.1. The summed E-state index contributed by atoms with van der Waals surface area (Å²) in [7, 11) is 0. The zero-order valence-electron chi connectivity index (χ0n) is 5.84. The number of rotatable bonds is 0. The number of H-pyrrole nitrogens is 1. The van der Waals surface area contributed by atoms with Crippen LogP contribution in [0.25, 0.3) is 0 Å². The number of ether oxygens (including phenoxy) is 1. The van der Waals surface area contributed by atoms with Gasteiger partial charge in [0.25, 0.3) is 0 Å². The molecule has 1 N–H and O–H groups in total. The van der Waals surface area contributed by atoms with Crippen LogP contribution >= 0.6 is 0 Å². The fraction of sp³-hybridized carbons (Fsp3) is 0.167. The number of aromatic amines is 1. The molecule has 0 amide bonds. The van der Waals surface area contributed by atoms with Crippen LogP contribution in [0.4, 0.5) is 0 Å². The van der Waals surface area contributed by atoms with E-state index in [9.17, 15) is 0 Å². The summed E-state index contributed by atoms with van der Waals surface area (Å²) in [4.78, 5) is 3.74. The van der Waals surface area contributed by atoms with Crippen LogP contribution < -0.4 is 0 Å². The standard InChI is InChI=1S/C4H5NO.C2H3N3/c1-2-5-4-6-3-1;1-2-4-5-3-1/h1-3H,4H2;1-2H,(H,3,4,5). The second-order valence-electron chi connectivity index (χ2n) is 1.62. The van der Waals surface area contributed by atoms with Gasteiger partial charge in [0.2, 0.25) is 0 Å². The van der Waals surface area contributed by atoms with Crippen molar-refractivity contribution in [2.75, 3.05) is 6.73 Å². The fourth-order valence-corrected chi connectivity index (χ4v) is 0.447. The Bertz CT molecular complexity index is 187. The number of nitrogens with zero attached hydrogens (tertiary/aromatic N) is 3. The third kappa shape index (κ3) is 3.85. The van der Waals surface area contributed by atoms with Gasteiger partial charge in [0.15, 0.2) is 6.73 Å². The molecule has 0 aromatic carbocycles. The smallest absolute Gasteiger partial charge is 0.178 e. The maximum Gasteiger partial charge on any atom is 0.178 e. The predicted molar refractivity (Wildman–Crippen MR) is 40.0 cm³/mol. The van der Waals surface area contributed by atoms with Gasteiger partial charge in [-0.1, -0.05) is 5.21 Å². The molecule has 0 saturated heterocycles. The van der Waals surface area contributed by atoms with E-state index in [0.29, 0.717) is 6.73 Å². The summed E-state index contributed by atoms with van der Waals surface area (Å²) in [6.45, 7) is 0.483. The highest BCUT2D eigenvalue weighted by molar-refractivity contribution is 5.70. The van der Waals surface area contributed by atoms with Gasteiger partial charge >= 0.3 is 0 Å². The molecule has 0 bridgehead atoms. The van der Waals surface area contributed by atoms with E-state index in [1.165, 1.54) is 0 Å². The van der Waals surface area contributed by atoms with Crippen molar-refractivity contribution in [1.29, 1.82) is 0 Å². The molecular weight excluding hydrogens is 144 g/mol. The van der Waals surface area contributed by atoms with Gasteiger partial charge < -0.3 is 4.74 Å². The van der Waals surface area contributed by atoms with Gasteiger partial charge in [-0.15, -0.1) is 5.10 Å². The Kier molecular flexibility index (Phi) is 3.50. The van der Waals surface area contributed by atoms with Crippen LogP contribution in [-0.4, -0.2) is 28.4 Å². The van der Waals surface area contributed by atoms with Crippen molar-refractivity contribution in [2.24, 2.45) is 4.99 Å². The summed E-state index contributed by atoms with van der Waals surface area (Å²) < 4.78 is 4.69. The molecule has 0 spiro atoms. The van der Waals surface area contributed by atoms with Crippen LogP contribution in [-0.2, 0) is 4.74 Å². The van der Waals surface area contributed by atoms with E-state index in [2.05, 4.69) is 20.4 Å². The van der Waals surface area contributed by atoms with E-state index in [0.717, 1.165) is 0 Å². The van der Waals surface area contributed by atoms with E-state index in [1.54, 1.807) is 30.9 Å². The fourth-order valence-electron chi connectivity index (χ4n) is 0.447. The minimum Gasteiger partial charge on any atom is -0.479 e. The monoisotopic (exact) mass is 152 g/mol. The van der Waals surface area contributed by atoms with Crippen LogP contribution in [0.1, 0.15) is 0 Å². The van der Waals surface area contributed by atoms with Crippen LogP contribution in [0.5, 0.6) is 0 Å². The summed E-state index contributed by atoms with van der Waals surface area (Å²) in [5.74, 6) is 0. The quantitative estimate of drug-likeness (QED) is 0.584. The SMILES string of the molecule is C1=COCN=C1.c1c[nH]nn1. The second kappa shape index (κ2) is 5.16. The zero-order valence-corrected chi connectivity index (χ0v) is 5.84. The van der Waals surface area contributed by atoms with Gasteiger partial charge in [0.1, 0.15) is 0 Å². The average molecular weight is 152 g/mol. The van der Waals surface area contributed by atoms with Gasteiger partial charge in [-0.05, 0) is 6.08 Å². The largest absolute Gasteiger partial charge is 0.479 e. The lowest BCUT2D eigenvalue weighted by Gasteiger charge is -1.94. The Morgan fingerprint density at radius 2 is 2.45 bits per heavy atom. The predicted octanol–water partition coefficient (Wildman–Crippen LogP) is 0.363. The van der Waals surface area contributed by atoms with Crippen molar-refractivity contribution in [1.82, 2.24) is 15.4 Å². The molecule has 58 valence electrons. The molecular formula is C6H8N4O. The number of allylic oxidation sites excluding steroid dienone is 1. The lowest BCUT2D eigenvalue weighted by molar-refractivity contribution is 0.259. The molecule has 11 heavy (non-hydrogen) atoms. The van der Waals surface area contributed by atoms with E-state index in [1.807, 2.05) is 0 Å². The Balaban J connectivity index is 0.000000112. The molecule has 1 aromatic heterocycles. The van der Waals surface area contributed by atoms with E-state index in [4.69, 9.17) is 4.74 Å². The number of hydrogen-bond donors (Lipinski definition) is 1. The van der Waals surface area contributed by atoms with Crippen LogP contribution in [0.2, 0.25) is 0 Å². The van der Waals surface area contributed by atoms with Gasteiger partial charge in [-0.25, -0.2) is 0 Å². The molecule has 0 saturated carbocycles. The number of aromatic nitrogens is 3. The van der Waals surface area contributed by atoms with Crippen molar-refractivity contribution in [3.8, 4) is 0 Å².